The van der Waals surface area contributed by atoms with E-state index in [1.54, 1.807) is 12.4 Å². The van der Waals surface area contributed by atoms with Crippen LogP contribution in [0.1, 0.15) is 44.6 Å². The molecule has 0 unspecified atom stereocenters. The molecule has 0 amide bonds. The van der Waals surface area contributed by atoms with Crippen LogP contribution >= 0.6 is 0 Å². The van der Waals surface area contributed by atoms with E-state index >= 15 is 0 Å². The van der Waals surface area contributed by atoms with Crippen LogP contribution in [0.4, 0.5) is 8.78 Å². The van der Waals surface area contributed by atoms with Crippen LogP contribution in [-0.2, 0) is 6.42 Å². The van der Waals surface area contributed by atoms with Crippen molar-refractivity contribution >= 4 is 0 Å². The van der Waals surface area contributed by atoms with Gasteiger partial charge in [-0.25, -0.2) is 18.7 Å². The molecule has 21 heavy (non-hydrogen) atoms. The topological polar surface area (TPSA) is 25.8 Å². The third-order valence-electron chi connectivity index (χ3n) is 3.45. The maximum absolute atomic E-state index is 13.2. The Kier molecular flexibility index (Phi) is 5.78. The average Bonchev–Trinajstić information content (AvgIpc) is 2.50. The van der Waals surface area contributed by atoms with Crippen LogP contribution in [0.15, 0.2) is 30.6 Å². The predicted molar refractivity (Wildman–Crippen MR) is 79.8 cm³/mol. The Balaban J connectivity index is 1.93. The Morgan fingerprint density at radius 1 is 0.905 bits per heavy atom. The lowest BCUT2D eigenvalue weighted by Crippen LogP contribution is -1.94. The van der Waals surface area contributed by atoms with Gasteiger partial charge in [-0.05, 0) is 36.6 Å². The number of rotatable bonds is 7. The minimum atomic E-state index is -0.879. The molecule has 2 rings (SSSR count). The van der Waals surface area contributed by atoms with E-state index in [1.165, 1.54) is 31.7 Å². The molecule has 1 heterocycles. The summed E-state index contributed by atoms with van der Waals surface area (Å²) in [6, 6.07) is 3.70. The lowest BCUT2D eigenvalue weighted by Gasteiger charge is -2.04. The van der Waals surface area contributed by atoms with Crippen molar-refractivity contribution in [2.24, 2.45) is 0 Å². The van der Waals surface area contributed by atoms with Crippen molar-refractivity contribution in [3.05, 3.63) is 47.8 Å². The quantitative estimate of drug-likeness (QED) is 0.675. The van der Waals surface area contributed by atoms with Crippen LogP contribution in [0.3, 0.4) is 0 Å². The van der Waals surface area contributed by atoms with Crippen molar-refractivity contribution in [3.63, 3.8) is 0 Å². The highest BCUT2D eigenvalue weighted by Crippen LogP contribution is 2.18. The summed E-state index contributed by atoms with van der Waals surface area (Å²) in [6.07, 6.45) is 10.6. The van der Waals surface area contributed by atoms with E-state index in [-0.39, 0.29) is 0 Å². The van der Waals surface area contributed by atoms with Gasteiger partial charge >= 0.3 is 0 Å². The molecule has 0 saturated carbocycles. The fourth-order valence-electron chi connectivity index (χ4n) is 2.20. The molecule has 0 aliphatic carbocycles. The van der Waals surface area contributed by atoms with Gasteiger partial charge in [-0.1, -0.05) is 32.6 Å². The zero-order valence-electron chi connectivity index (χ0n) is 12.3. The van der Waals surface area contributed by atoms with Crippen LogP contribution in [0.25, 0.3) is 11.4 Å². The summed E-state index contributed by atoms with van der Waals surface area (Å²) >= 11 is 0. The Hall–Kier alpha value is -1.84. The van der Waals surface area contributed by atoms with Gasteiger partial charge in [0.2, 0.25) is 0 Å². The molecule has 2 nitrogen and oxygen atoms in total. The lowest BCUT2D eigenvalue weighted by atomic mass is 10.1. The Morgan fingerprint density at radius 2 is 1.62 bits per heavy atom. The minimum Gasteiger partial charge on any atom is -0.236 e. The summed E-state index contributed by atoms with van der Waals surface area (Å²) in [5.74, 6) is -1.32. The van der Waals surface area contributed by atoms with Gasteiger partial charge in [-0.15, -0.1) is 0 Å². The Morgan fingerprint density at radius 3 is 2.29 bits per heavy atom. The third kappa shape index (κ3) is 4.59. The highest BCUT2D eigenvalue weighted by Gasteiger charge is 2.06. The largest absolute Gasteiger partial charge is 0.236 e. The molecule has 0 spiro atoms. The lowest BCUT2D eigenvalue weighted by molar-refractivity contribution is 0.509. The second-order valence-corrected chi connectivity index (χ2v) is 5.21. The molecule has 112 valence electrons. The van der Waals surface area contributed by atoms with Gasteiger partial charge in [-0.3, -0.25) is 0 Å². The van der Waals surface area contributed by atoms with Crippen molar-refractivity contribution in [3.8, 4) is 11.4 Å². The predicted octanol–water partition coefficient (Wildman–Crippen LogP) is 4.93. The summed E-state index contributed by atoms with van der Waals surface area (Å²) in [5.41, 5.74) is 1.57. The Labute approximate surface area is 124 Å². The number of halogens is 2. The number of hydrogen-bond acceptors (Lipinski definition) is 2. The van der Waals surface area contributed by atoms with E-state index in [0.717, 1.165) is 30.5 Å². The number of unbranched alkanes of at least 4 members (excludes halogenated alkanes) is 4. The van der Waals surface area contributed by atoms with E-state index in [2.05, 4.69) is 16.9 Å². The molecular formula is C17H20F2N2. The summed E-state index contributed by atoms with van der Waals surface area (Å²) in [5, 5.41) is 0. The fraction of sp³-hybridized carbons (Fsp3) is 0.412. The van der Waals surface area contributed by atoms with Crippen molar-refractivity contribution in [2.45, 2.75) is 45.4 Å². The van der Waals surface area contributed by atoms with E-state index in [4.69, 9.17) is 0 Å². The zero-order chi connectivity index (χ0) is 15.1. The first-order chi connectivity index (χ1) is 10.2. The van der Waals surface area contributed by atoms with Crippen molar-refractivity contribution in [2.75, 3.05) is 0 Å². The molecule has 4 heteroatoms. The molecular weight excluding hydrogens is 270 g/mol. The molecule has 0 saturated heterocycles. The molecule has 0 radical (unpaired) electrons. The first-order valence-electron chi connectivity index (χ1n) is 7.47. The molecule has 0 aliphatic heterocycles. The van der Waals surface area contributed by atoms with E-state index < -0.39 is 11.6 Å². The molecule has 2 aromatic rings. The van der Waals surface area contributed by atoms with Crippen molar-refractivity contribution in [1.29, 1.82) is 0 Å². The van der Waals surface area contributed by atoms with Crippen LogP contribution in [-0.4, -0.2) is 9.97 Å². The summed E-state index contributed by atoms with van der Waals surface area (Å²) in [7, 11) is 0. The summed E-state index contributed by atoms with van der Waals surface area (Å²) in [6.45, 7) is 2.20. The van der Waals surface area contributed by atoms with Crippen LogP contribution in [0, 0.1) is 11.6 Å². The van der Waals surface area contributed by atoms with Gasteiger partial charge in [-0.2, -0.15) is 0 Å². The molecule has 0 aliphatic rings. The van der Waals surface area contributed by atoms with Crippen molar-refractivity contribution < 1.29 is 8.78 Å². The van der Waals surface area contributed by atoms with Gasteiger partial charge in [0.1, 0.15) is 0 Å². The minimum absolute atomic E-state index is 0.420. The van der Waals surface area contributed by atoms with Crippen LogP contribution in [0.2, 0.25) is 0 Å². The van der Waals surface area contributed by atoms with Gasteiger partial charge in [0.15, 0.2) is 17.5 Å². The highest BCUT2D eigenvalue weighted by atomic mass is 19.2. The average molecular weight is 290 g/mol. The summed E-state index contributed by atoms with van der Waals surface area (Å²) in [4.78, 5) is 8.47. The molecule has 1 aromatic carbocycles. The number of hydrogen-bond donors (Lipinski definition) is 0. The molecule has 0 N–H and O–H groups in total. The van der Waals surface area contributed by atoms with Gasteiger partial charge < -0.3 is 0 Å². The molecule has 1 aromatic heterocycles. The highest BCUT2D eigenvalue weighted by molar-refractivity contribution is 5.54. The standard InChI is InChI=1S/C17H20F2N2/c1-2-3-4-5-6-7-13-11-20-17(21-12-13)14-8-9-15(18)16(19)10-14/h8-12H,2-7H2,1H3. The summed E-state index contributed by atoms with van der Waals surface area (Å²) < 4.78 is 26.1. The van der Waals surface area contributed by atoms with E-state index in [1.807, 2.05) is 0 Å². The van der Waals surface area contributed by atoms with Crippen molar-refractivity contribution in [1.82, 2.24) is 9.97 Å². The van der Waals surface area contributed by atoms with Gasteiger partial charge in [0.05, 0.1) is 0 Å². The zero-order valence-corrected chi connectivity index (χ0v) is 12.3. The normalized spacial score (nSPS) is 10.8. The SMILES string of the molecule is CCCCCCCc1cnc(-c2ccc(F)c(F)c2)nc1. The number of nitrogens with zero attached hydrogens (tertiary/aromatic N) is 2. The fourth-order valence-corrected chi connectivity index (χ4v) is 2.20. The molecule has 0 fully saturated rings. The molecule has 0 atom stereocenters. The number of aromatic nitrogens is 2. The van der Waals surface area contributed by atoms with Gasteiger partial charge in [0.25, 0.3) is 0 Å². The maximum atomic E-state index is 13.2. The van der Waals surface area contributed by atoms with Crippen LogP contribution < -0.4 is 0 Å². The van der Waals surface area contributed by atoms with E-state index in [9.17, 15) is 8.78 Å². The van der Waals surface area contributed by atoms with Gasteiger partial charge in [0, 0.05) is 18.0 Å². The monoisotopic (exact) mass is 290 g/mol. The molecule has 0 bridgehead atoms. The Bertz CT molecular complexity index is 568. The number of benzene rings is 1. The first kappa shape index (κ1) is 15.5. The second kappa shape index (κ2) is 7.81. The third-order valence-corrected chi connectivity index (χ3v) is 3.45. The second-order valence-electron chi connectivity index (χ2n) is 5.21. The van der Waals surface area contributed by atoms with Crippen LogP contribution in [0.5, 0.6) is 0 Å². The smallest absolute Gasteiger partial charge is 0.159 e. The van der Waals surface area contributed by atoms with E-state index in [0.29, 0.717) is 11.4 Å². The number of aryl methyl sites for hydroxylation is 1. The maximum Gasteiger partial charge on any atom is 0.159 e. The first-order valence-corrected chi connectivity index (χ1v) is 7.47.